The van der Waals surface area contributed by atoms with Crippen LogP contribution in [0.25, 0.3) is 0 Å². The number of pyridine rings is 1. The molecule has 1 heterocycles. The van der Waals surface area contributed by atoms with Crippen LogP contribution in [0.2, 0.25) is 5.02 Å². The molecule has 10 heteroatoms. The molecule has 2 atom stereocenters. The van der Waals surface area contributed by atoms with E-state index < -0.39 is 18.5 Å². The Balaban J connectivity index is 2.13. The minimum absolute atomic E-state index is 0.0103. The molecule has 3 rings (SSSR count). The third-order valence-corrected chi connectivity index (χ3v) is 5.55. The first-order chi connectivity index (χ1) is 16.2. The number of alkyl halides is 2. The molecule has 0 aliphatic carbocycles. The highest BCUT2D eigenvalue weighted by Gasteiger charge is 2.37. The van der Waals surface area contributed by atoms with Crippen molar-refractivity contribution in [3.8, 4) is 5.75 Å². The quantitative estimate of drug-likeness (QED) is 0.184. The molecule has 0 aliphatic heterocycles. The Morgan fingerprint density at radius 1 is 1.12 bits per heavy atom. The minimum Gasteiger partial charge on any atom is -0.435 e. The molecule has 0 fully saturated rings. The van der Waals surface area contributed by atoms with Crippen molar-refractivity contribution < 1.29 is 18.6 Å². The fourth-order valence-electron chi connectivity index (χ4n) is 3.53. The van der Waals surface area contributed by atoms with Gasteiger partial charge in [0.25, 0.3) is 0 Å². The molecular formula is C24H28ClF2N5O2. The number of ether oxygens (including phenoxy) is 1. The predicted molar refractivity (Wildman–Crippen MR) is 127 cm³/mol. The number of benzene rings is 2. The summed E-state index contributed by atoms with van der Waals surface area (Å²) in [4.78, 5) is 4.52. The van der Waals surface area contributed by atoms with E-state index in [-0.39, 0.29) is 11.8 Å². The second-order valence-electron chi connectivity index (χ2n) is 8.02. The summed E-state index contributed by atoms with van der Waals surface area (Å²) in [6, 6.07) is 19.2. The van der Waals surface area contributed by atoms with E-state index in [2.05, 4.69) is 20.6 Å². The average molecular weight is 492 g/mol. The zero-order valence-electron chi connectivity index (χ0n) is 18.8. The Labute approximate surface area is 202 Å². The fourth-order valence-corrected chi connectivity index (χ4v) is 3.65. The number of aliphatic hydroxyl groups is 1. The van der Waals surface area contributed by atoms with Crippen molar-refractivity contribution in [2.75, 3.05) is 0 Å². The number of aromatic nitrogens is 1. The number of hydrazine groups is 2. The average Bonchev–Trinajstić information content (AvgIpc) is 2.82. The van der Waals surface area contributed by atoms with Gasteiger partial charge in [-0.3, -0.25) is 10.8 Å². The van der Waals surface area contributed by atoms with E-state index in [1.54, 1.807) is 24.3 Å². The number of hydrogen-bond acceptors (Lipinski definition) is 7. The van der Waals surface area contributed by atoms with Crippen LogP contribution >= 0.6 is 11.6 Å². The number of rotatable bonds is 11. The monoisotopic (exact) mass is 491 g/mol. The smallest absolute Gasteiger partial charge is 0.387 e. The highest BCUT2D eigenvalue weighted by molar-refractivity contribution is 6.30. The Morgan fingerprint density at radius 2 is 1.85 bits per heavy atom. The second-order valence-corrected chi connectivity index (χ2v) is 8.46. The molecule has 5 N–H and O–H groups in total. The third-order valence-electron chi connectivity index (χ3n) is 5.32. The van der Waals surface area contributed by atoms with E-state index >= 15 is 0 Å². The molecule has 0 saturated carbocycles. The maximum atomic E-state index is 13.0. The second kappa shape index (κ2) is 11.7. The topological polar surface area (TPSA) is 95.7 Å². The van der Waals surface area contributed by atoms with Gasteiger partial charge < -0.3 is 9.84 Å². The maximum absolute atomic E-state index is 13.0. The molecule has 1 aromatic heterocycles. The maximum Gasteiger partial charge on any atom is 0.387 e. The number of hydrogen-bond donors (Lipinski definition) is 4. The third kappa shape index (κ3) is 6.47. The summed E-state index contributed by atoms with van der Waals surface area (Å²) in [6.07, 6.45) is 0.576. The van der Waals surface area contributed by atoms with Crippen LogP contribution in [0, 0.1) is 0 Å². The Morgan fingerprint density at radius 3 is 2.47 bits per heavy atom. The van der Waals surface area contributed by atoms with Gasteiger partial charge in [0.2, 0.25) is 0 Å². The van der Waals surface area contributed by atoms with Crippen LogP contribution in [0.3, 0.4) is 0 Å². The van der Waals surface area contributed by atoms with Gasteiger partial charge in [-0.2, -0.15) is 8.78 Å². The Hall–Kier alpha value is -2.66. The van der Waals surface area contributed by atoms with Crippen LogP contribution in [0.1, 0.15) is 30.7 Å². The molecule has 0 saturated heterocycles. The van der Waals surface area contributed by atoms with Gasteiger partial charge in [0.1, 0.15) is 11.3 Å². The van der Waals surface area contributed by atoms with Crippen LogP contribution < -0.4 is 21.4 Å². The van der Waals surface area contributed by atoms with Gasteiger partial charge in [-0.25, -0.2) is 15.9 Å². The highest BCUT2D eigenvalue weighted by atomic mass is 35.5. The molecule has 0 spiro atoms. The summed E-state index contributed by atoms with van der Waals surface area (Å²) in [5, 5.41) is 12.3. The highest BCUT2D eigenvalue weighted by Crippen LogP contribution is 2.34. The van der Waals surface area contributed by atoms with Crippen LogP contribution in [0.15, 0.2) is 72.9 Å². The standard InChI is InChI=1S/C24H28ClF2N5O2/c1-16(2)32(28)23(33)30-31-24(14-17-7-4-3-5-8-17,21-12-11-19(25)15-29-21)18-9-6-10-20(13-18)34-22(26)27/h3-13,15-16,22-23,30-31,33H,14,28H2,1-2H3/t23-,24-/m0/s1. The van der Waals surface area contributed by atoms with Gasteiger partial charge in [-0.15, -0.1) is 0 Å². The first-order valence-electron chi connectivity index (χ1n) is 10.7. The van der Waals surface area contributed by atoms with Gasteiger partial charge in [0.05, 0.1) is 10.7 Å². The molecule has 3 aromatic rings. The van der Waals surface area contributed by atoms with E-state index in [1.165, 1.54) is 23.3 Å². The van der Waals surface area contributed by atoms with Crippen molar-refractivity contribution in [2.45, 2.75) is 44.8 Å². The summed E-state index contributed by atoms with van der Waals surface area (Å²) in [7, 11) is 0. The Bertz CT molecular complexity index is 1040. The SMILES string of the molecule is CC(C)N(N)[C@@H](O)NN[C@@](Cc1ccccc1)(c1cccc(OC(F)F)c1)c1ccc(Cl)cn1. The van der Waals surface area contributed by atoms with Gasteiger partial charge in [-0.1, -0.05) is 54.1 Å². The normalized spacial score (nSPS) is 14.4. The number of aliphatic hydroxyl groups excluding tert-OH is 1. The van der Waals surface area contributed by atoms with Crippen molar-refractivity contribution >= 4 is 11.6 Å². The lowest BCUT2D eigenvalue weighted by atomic mass is 9.81. The number of nitrogens with zero attached hydrogens (tertiary/aromatic N) is 2. The molecule has 0 radical (unpaired) electrons. The van der Waals surface area contributed by atoms with E-state index in [1.807, 2.05) is 44.2 Å². The van der Waals surface area contributed by atoms with Crippen molar-refractivity contribution in [1.29, 1.82) is 0 Å². The van der Waals surface area contributed by atoms with Crippen molar-refractivity contribution in [3.63, 3.8) is 0 Å². The summed E-state index contributed by atoms with van der Waals surface area (Å²) in [5.74, 6) is 5.95. The number of nitrogens with two attached hydrogens (primary N) is 1. The summed E-state index contributed by atoms with van der Waals surface area (Å²) >= 11 is 6.09. The lowest BCUT2D eigenvalue weighted by Gasteiger charge is -2.38. The first kappa shape index (κ1) is 26.0. The predicted octanol–water partition coefficient (Wildman–Crippen LogP) is 3.78. The van der Waals surface area contributed by atoms with Crippen molar-refractivity contribution in [1.82, 2.24) is 20.8 Å². The fraction of sp³-hybridized carbons (Fsp3) is 0.292. The molecule has 0 aliphatic rings. The molecule has 0 bridgehead atoms. The Kier molecular flexibility index (Phi) is 8.90. The molecule has 2 aromatic carbocycles. The van der Waals surface area contributed by atoms with Gasteiger partial charge >= 0.3 is 6.61 Å². The summed E-state index contributed by atoms with van der Waals surface area (Å²) in [6.45, 7) is 0.680. The van der Waals surface area contributed by atoms with Gasteiger partial charge in [0.15, 0.2) is 6.35 Å². The summed E-state index contributed by atoms with van der Waals surface area (Å²) in [5.41, 5.74) is 6.91. The molecular weight excluding hydrogens is 464 g/mol. The molecule has 34 heavy (non-hydrogen) atoms. The van der Waals surface area contributed by atoms with Crippen molar-refractivity contribution in [2.24, 2.45) is 5.84 Å². The zero-order valence-corrected chi connectivity index (χ0v) is 19.6. The van der Waals surface area contributed by atoms with Crippen LogP contribution in [0.5, 0.6) is 5.75 Å². The molecule has 0 unspecified atom stereocenters. The number of halogens is 3. The van der Waals surface area contributed by atoms with E-state index in [0.717, 1.165) is 5.56 Å². The lowest BCUT2D eigenvalue weighted by molar-refractivity contribution is -0.0578. The zero-order chi connectivity index (χ0) is 24.7. The van der Waals surface area contributed by atoms with Crippen LogP contribution in [-0.4, -0.2) is 34.1 Å². The van der Waals surface area contributed by atoms with E-state index in [9.17, 15) is 13.9 Å². The van der Waals surface area contributed by atoms with Crippen LogP contribution in [-0.2, 0) is 12.0 Å². The van der Waals surface area contributed by atoms with E-state index in [0.29, 0.717) is 22.7 Å². The number of nitrogens with one attached hydrogen (secondary N) is 2. The van der Waals surface area contributed by atoms with E-state index in [4.69, 9.17) is 17.4 Å². The van der Waals surface area contributed by atoms with Gasteiger partial charge in [-0.05, 0) is 49.2 Å². The first-order valence-corrected chi connectivity index (χ1v) is 11.0. The molecule has 7 nitrogen and oxygen atoms in total. The summed E-state index contributed by atoms with van der Waals surface area (Å²) < 4.78 is 30.6. The lowest BCUT2D eigenvalue weighted by Crippen LogP contribution is -2.62. The molecule has 182 valence electrons. The van der Waals surface area contributed by atoms with Crippen LogP contribution in [0.4, 0.5) is 8.78 Å². The largest absolute Gasteiger partial charge is 0.435 e. The van der Waals surface area contributed by atoms with Gasteiger partial charge in [0, 0.05) is 18.7 Å². The van der Waals surface area contributed by atoms with Crippen molar-refractivity contribution in [3.05, 3.63) is 94.8 Å². The molecule has 0 amide bonds. The minimum atomic E-state index is -2.97.